The molecule has 0 aliphatic carbocycles. The van der Waals surface area contributed by atoms with Crippen molar-refractivity contribution in [2.45, 2.75) is 72.4 Å². The Balaban J connectivity index is 1.70. The van der Waals surface area contributed by atoms with Crippen LogP contribution >= 0.6 is 0 Å². The molecule has 0 aliphatic rings. The Labute approximate surface area is 238 Å². The van der Waals surface area contributed by atoms with Gasteiger partial charge < -0.3 is 15.7 Å². The van der Waals surface area contributed by atoms with E-state index in [0.29, 0.717) is 19.3 Å². The van der Waals surface area contributed by atoms with E-state index in [1.807, 2.05) is 76.2 Å². The third kappa shape index (κ3) is 8.80. The Morgan fingerprint density at radius 1 is 0.850 bits per heavy atom. The summed E-state index contributed by atoms with van der Waals surface area (Å²) in [6, 6.07) is 25.1. The number of carboxylic acid groups (broad SMARTS) is 1. The lowest BCUT2D eigenvalue weighted by Crippen LogP contribution is -2.55. The molecule has 3 aromatic rings. The number of hydrogen-bond acceptors (Lipinski definition) is 3. The Morgan fingerprint density at radius 3 is 2.17 bits per heavy atom. The van der Waals surface area contributed by atoms with Gasteiger partial charge in [0, 0.05) is 5.92 Å². The molecule has 212 valence electrons. The van der Waals surface area contributed by atoms with Gasteiger partial charge in [0.2, 0.25) is 11.8 Å². The van der Waals surface area contributed by atoms with Gasteiger partial charge in [-0.25, -0.2) is 0 Å². The van der Waals surface area contributed by atoms with Crippen LogP contribution in [0.25, 0.3) is 11.1 Å². The van der Waals surface area contributed by atoms with Crippen molar-refractivity contribution >= 4 is 17.8 Å². The highest BCUT2D eigenvalue weighted by atomic mass is 16.4. The first-order chi connectivity index (χ1) is 19.0. The number of carboxylic acids is 1. The number of carbonyl (C=O) groups excluding carboxylic acids is 2. The average Bonchev–Trinajstić information content (AvgIpc) is 2.90. The SMILES string of the molecule is Cc1cccc(-c2ccccc2CCCC(CC(=O)O)C(=O)NC(C(=O)NC(C)c2ccccc2)C(C)(C)C)c1. The van der Waals surface area contributed by atoms with Crippen LogP contribution in [0.1, 0.15) is 69.7 Å². The van der Waals surface area contributed by atoms with Gasteiger partial charge in [-0.1, -0.05) is 105 Å². The number of aliphatic carboxylic acids is 1. The van der Waals surface area contributed by atoms with E-state index in [0.717, 1.165) is 22.3 Å². The molecule has 2 amide bonds. The van der Waals surface area contributed by atoms with E-state index in [1.165, 1.54) is 5.56 Å². The topological polar surface area (TPSA) is 95.5 Å². The van der Waals surface area contributed by atoms with Crippen molar-refractivity contribution in [3.63, 3.8) is 0 Å². The first-order valence-corrected chi connectivity index (χ1v) is 14.0. The Morgan fingerprint density at radius 2 is 1.52 bits per heavy atom. The summed E-state index contributed by atoms with van der Waals surface area (Å²) in [5, 5.41) is 15.5. The van der Waals surface area contributed by atoms with E-state index in [4.69, 9.17) is 0 Å². The fourth-order valence-electron chi connectivity index (χ4n) is 4.97. The minimum atomic E-state index is -1.03. The highest BCUT2D eigenvalue weighted by Crippen LogP contribution is 2.27. The largest absolute Gasteiger partial charge is 0.481 e. The molecule has 0 saturated heterocycles. The fourth-order valence-corrected chi connectivity index (χ4v) is 4.97. The summed E-state index contributed by atoms with van der Waals surface area (Å²) in [7, 11) is 0. The fraction of sp³-hybridized carbons (Fsp3) is 0.382. The maximum Gasteiger partial charge on any atom is 0.304 e. The first kappa shape index (κ1) is 30.6. The van der Waals surface area contributed by atoms with Crippen molar-refractivity contribution in [3.8, 4) is 11.1 Å². The molecule has 0 fully saturated rings. The number of aryl methyl sites for hydroxylation is 2. The summed E-state index contributed by atoms with van der Waals surface area (Å²) in [4.78, 5) is 38.4. The smallest absolute Gasteiger partial charge is 0.304 e. The molecule has 0 aliphatic heterocycles. The van der Waals surface area contributed by atoms with Crippen LogP contribution in [0.3, 0.4) is 0 Å². The van der Waals surface area contributed by atoms with Crippen molar-refractivity contribution in [2.24, 2.45) is 11.3 Å². The van der Waals surface area contributed by atoms with E-state index in [1.54, 1.807) is 0 Å². The van der Waals surface area contributed by atoms with E-state index in [9.17, 15) is 19.5 Å². The molecule has 40 heavy (non-hydrogen) atoms. The van der Waals surface area contributed by atoms with Crippen molar-refractivity contribution < 1.29 is 19.5 Å². The van der Waals surface area contributed by atoms with Crippen LogP contribution in [0.5, 0.6) is 0 Å². The van der Waals surface area contributed by atoms with Crippen molar-refractivity contribution in [3.05, 3.63) is 95.6 Å². The summed E-state index contributed by atoms with van der Waals surface area (Å²) >= 11 is 0. The van der Waals surface area contributed by atoms with Gasteiger partial charge in [-0.05, 0) is 60.8 Å². The summed E-state index contributed by atoms with van der Waals surface area (Å²) in [5.41, 5.74) is 5.01. The van der Waals surface area contributed by atoms with E-state index >= 15 is 0 Å². The number of nitrogens with one attached hydrogen (secondary N) is 2. The number of amides is 2. The number of rotatable bonds is 12. The molecule has 0 saturated carbocycles. The molecule has 0 bridgehead atoms. The minimum absolute atomic E-state index is 0.237. The zero-order valence-corrected chi connectivity index (χ0v) is 24.2. The molecular weight excluding hydrogens is 500 g/mol. The molecule has 3 N–H and O–H groups in total. The second kappa shape index (κ2) is 13.9. The molecule has 6 nitrogen and oxygen atoms in total. The maximum absolute atomic E-state index is 13.4. The van der Waals surface area contributed by atoms with E-state index in [-0.39, 0.29) is 18.4 Å². The third-order valence-corrected chi connectivity index (χ3v) is 7.21. The van der Waals surface area contributed by atoms with Crippen LogP contribution in [0.2, 0.25) is 0 Å². The van der Waals surface area contributed by atoms with Crippen LogP contribution in [-0.4, -0.2) is 28.9 Å². The van der Waals surface area contributed by atoms with Crippen LogP contribution in [0.15, 0.2) is 78.9 Å². The second-order valence-electron chi connectivity index (χ2n) is 11.7. The molecule has 3 aromatic carbocycles. The molecule has 3 atom stereocenters. The lowest BCUT2D eigenvalue weighted by Gasteiger charge is -2.32. The third-order valence-electron chi connectivity index (χ3n) is 7.21. The standard InChI is InChI=1S/C34H42N2O4/c1-23-13-11-18-27(21-23)29-20-10-9-16-26(29)17-12-19-28(22-30(37)38)32(39)36-31(34(3,4)5)33(40)35-24(2)25-14-7-6-8-15-25/h6-11,13-16,18,20-21,24,28,31H,12,17,19,22H2,1-5H3,(H,35,40)(H,36,39)(H,37,38). The maximum atomic E-state index is 13.4. The zero-order valence-electron chi connectivity index (χ0n) is 24.2. The van der Waals surface area contributed by atoms with Gasteiger partial charge in [0.25, 0.3) is 0 Å². The van der Waals surface area contributed by atoms with Crippen molar-refractivity contribution in [1.29, 1.82) is 0 Å². The molecular formula is C34H42N2O4. The van der Waals surface area contributed by atoms with E-state index < -0.39 is 29.3 Å². The van der Waals surface area contributed by atoms with Crippen LogP contribution < -0.4 is 10.6 Å². The molecule has 3 rings (SSSR count). The predicted molar refractivity (Wildman–Crippen MR) is 160 cm³/mol. The summed E-state index contributed by atoms with van der Waals surface area (Å²) in [6.45, 7) is 9.63. The molecule has 0 spiro atoms. The lowest BCUT2D eigenvalue weighted by atomic mass is 9.85. The molecule has 6 heteroatoms. The zero-order chi connectivity index (χ0) is 29.3. The van der Waals surface area contributed by atoms with Gasteiger partial charge in [0.1, 0.15) is 6.04 Å². The highest BCUT2D eigenvalue weighted by Gasteiger charge is 2.35. The van der Waals surface area contributed by atoms with Gasteiger partial charge in [0.15, 0.2) is 0 Å². The Hall–Kier alpha value is -3.93. The van der Waals surface area contributed by atoms with Gasteiger partial charge in [-0.15, -0.1) is 0 Å². The number of carbonyl (C=O) groups is 3. The van der Waals surface area contributed by atoms with Crippen molar-refractivity contribution in [1.82, 2.24) is 10.6 Å². The number of hydrogen-bond donors (Lipinski definition) is 3. The van der Waals surface area contributed by atoms with Gasteiger partial charge >= 0.3 is 5.97 Å². The summed E-state index contributed by atoms with van der Waals surface area (Å²) < 4.78 is 0. The van der Waals surface area contributed by atoms with Crippen LogP contribution in [-0.2, 0) is 20.8 Å². The quantitative estimate of drug-likeness (QED) is 0.244. The monoisotopic (exact) mass is 542 g/mol. The van der Waals surface area contributed by atoms with Gasteiger partial charge in [-0.3, -0.25) is 14.4 Å². The second-order valence-corrected chi connectivity index (χ2v) is 11.7. The molecule has 3 unspecified atom stereocenters. The first-order valence-electron chi connectivity index (χ1n) is 14.0. The number of benzene rings is 3. The van der Waals surface area contributed by atoms with Crippen LogP contribution in [0.4, 0.5) is 0 Å². The predicted octanol–water partition coefficient (Wildman–Crippen LogP) is 6.48. The lowest BCUT2D eigenvalue weighted by molar-refractivity contribution is -0.142. The minimum Gasteiger partial charge on any atom is -0.481 e. The summed E-state index contributed by atoms with van der Waals surface area (Å²) in [5.74, 6) is -2.47. The van der Waals surface area contributed by atoms with E-state index in [2.05, 4.69) is 47.9 Å². The highest BCUT2D eigenvalue weighted by molar-refractivity contribution is 5.90. The van der Waals surface area contributed by atoms with Crippen molar-refractivity contribution in [2.75, 3.05) is 0 Å². The molecule has 0 aromatic heterocycles. The molecule has 0 heterocycles. The Kier molecular flexibility index (Phi) is 10.7. The average molecular weight is 543 g/mol. The normalized spacial score (nSPS) is 13.6. The Bertz CT molecular complexity index is 1300. The van der Waals surface area contributed by atoms with Crippen LogP contribution in [0, 0.1) is 18.3 Å². The molecule has 0 radical (unpaired) electrons. The summed E-state index contributed by atoms with van der Waals surface area (Å²) in [6.07, 6.45) is 1.47. The van der Waals surface area contributed by atoms with Gasteiger partial charge in [0.05, 0.1) is 12.5 Å². The van der Waals surface area contributed by atoms with Gasteiger partial charge in [-0.2, -0.15) is 0 Å².